The van der Waals surface area contributed by atoms with Gasteiger partial charge in [0.2, 0.25) is 0 Å². The molecule has 0 unspecified atom stereocenters. The van der Waals surface area contributed by atoms with E-state index in [-0.39, 0.29) is 17.9 Å². The molecule has 1 aromatic rings. The zero-order valence-electron chi connectivity index (χ0n) is 7.51. The summed E-state index contributed by atoms with van der Waals surface area (Å²) in [7, 11) is 0. The molecule has 0 aliphatic heterocycles. The molecule has 0 fully saturated rings. The fourth-order valence-electron chi connectivity index (χ4n) is 0.915. The molecule has 0 saturated carbocycles. The maximum Gasteiger partial charge on any atom is 0.341 e. The molecule has 1 rings (SSSR count). The number of aliphatic hydroxyl groups excluding tert-OH is 1. The number of aliphatic hydroxyl groups is 1. The van der Waals surface area contributed by atoms with Gasteiger partial charge in [-0.15, -0.1) is 0 Å². The van der Waals surface area contributed by atoms with Crippen molar-refractivity contribution in [2.24, 2.45) is 0 Å². The van der Waals surface area contributed by atoms with Crippen LogP contribution in [0, 0.1) is 0 Å². The van der Waals surface area contributed by atoms with Gasteiger partial charge in [0.25, 0.3) is 0 Å². The molecule has 5 nitrogen and oxygen atoms in total. The van der Waals surface area contributed by atoms with Crippen LogP contribution in [0.3, 0.4) is 0 Å². The highest BCUT2D eigenvalue weighted by Crippen LogP contribution is 2.16. The smallest absolute Gasteiger partial charge is 0.341 e. The number of carboxylic acids is 1. The third-order valence-corrected chi connectivity index (χ3v) is 1.57. The SMILES string of the molecule is O=C(O)c1cnccc1OCCCO. The van der Waals surface area contributed by atoms with Crippen molar-refractivity contribution in [2.45, 2.75) is 6.42 Å². The number of carbonyl (C=O) groups is 1. The van der Waals surface area contributed by atoms with Crippen molar-refractivity contribution in [2.75, 3.05) is 13.2 Å². The summed E-state index contributed by atoms with van der Waals surface area (Å²) in [6.45, 7) is 0.314. The number of pyridine rings is 1. The number of aromatic carboxylic acids is 1. The van der Waals surface area contributed by atoms with Crippen LogP contribution < -0.4 is 4.74 Å². The van der Waals surface area contributed by atoms with Crippen molar-refractivity contribution in [3.05, 3.63) is 24.0 Å². The average molecular weight is 197 g/mol. The summed E-state index contributed by atoms with van der Waals surface area (Å²) in [6.07, 6.45) is 3.17. The minimum atomic E-state index is -1.07. The van der Waals surface area contributed by atoms with Crippen molar-refractivity contribution in [3.63, 3.8) is 0 Å². The molecule has 1 heterocycles. The first kappa shape index (κ1) is 10.5. The number of hydrogen-bond donors (Lipinski definition) is 2. The quantitative estimate of drug-likeness (QED) is 0.673. The second-order valence-electron chi connectivity index (χ2n) is 2.60. The Labute approximate surface area is 81.0 Å². The molecule has 2 N–H and O–H groups in total. The average Bonchev–Trinajstić information content (AvgIpc) is 2.19. The molecule has 0 aliphatic rings. The van der Waals surface area contributed by atoms with Gasteiger partial charge in [-0.2, -0.15) is 0 Å². The molecular weight excluding hydrogens is 186 g/mol. The van der Waals surface area contributed by atoms with E-state index in [2.05, 4.69) is 4.98 Å². The molecule has 5 heteroatoms. The normalized spacial score (nSPS) is 9.79. The van der Waals surface area contributed by atoms with E-state index >= 15 is 0 Å². The lowest BCUT2D eigenvalue weighted by Crippen LogP contribution is -2.05. The van der Waals surface area contributed by atoms with Gasteiger partial charge in [0, 0.05) is 25.4 Å². The summed E-state index contributed by atoms with van der Waals surface area (Å²) in [5.41, 5.74) is 0.0328. The van der Waals surface area contributed by atoms with Crippen LogP contribution in [0.4, 0.5) is 0 Å². The Bertz CT molecular complexity index is 313. The highest BCUT2D eigenvalue weighted by molar-refractivity contribution is 5.90. The molecule has 0 bridgehead atoms. The molecule has 14 heavy (non-hydrogen) atoms. The van der Waals surface area contributed by atoms with E-state index in [1.807, 2.05) is 0 Å². The largest absolute Gasteiger partial charge is 0.492 e. The lowest BCUT2D eigenvalue weighted by Gasteiger charge is -2.06. The van der Waals surface area contributed by atoms with Crippen molar-refractivity contribution >= 4 is 5.97 Å². The van der Waals surface area contributed by atoms with E-state index in [9.17, 15) is 4.79 Å². The van der Waals surface area contributed by atoms with Crippen LogP contribution in [0.2, 0.25) is 0 Å². The number of ether oxygens (including phenoxy) is 1. The van der Waals surface area contributed by atoms with Crippen molar-refractivity contribution in [1.82, 2.24) is 4.98 Å². The second kappa shape index (κ2) is 5.18. The molecule has 0 amide bonds. The van der Waals surface area contributed by atoms with Crippen LogP contribution in [0.5, 0.6) is 5.75 Å². The van der Waals surface area contributed by atoms with Gasteiger partial charge in [-0.1, -0.05) is 0 Å². The maximum absolute atomic E-state index is 10.7. The van der Waals surface area contributed by atoms with Gasteiger partial charge in [-0.25, -0.2) is 4.79 Å². The van der Waals surface area contributed by atoms with Gasteiger partial charge in [0.15, 0.2) is 0 Å². The Balaban J connectivity index is 2.69. The minimum Gasteiger partial charge on any atom is -0.492 e. The van der Waals surface area contributed by atoms with Crippen LogP contribution in [-0.2, 0) is 0 Å². The Kier molecular flexibility index (Phi) is 3.87. The van der Waals surface area contributed by atoms with E-state index in [4.69, 9.17) is 14.9 Å². The van der Waals surface area contributed by atoms with Crippen LogP contribution >= 0.6 is 0 Å². The van der Waals surface area contributed by atoms with Crippen molar-refractivity contribution < 1.29 is 19.7 Å². The lowest BCUT2D eigenvalue weighted by atomic mass is 10.2. The topological polar surface area (TPSA) is 79.7 Å². The highest BCUT2D eigenvalue weighted by atomic mass is 16.5. The second-order valence-corrected chi connectivity index (χ2v) is 2.60. The third-order valence-electron chi connectivity index (χ3n) is 1.57. The summed E-state index contributed by atoms with van der Waals surface area (Å²) in [4.78, 5) is 14.4. The Hall–Kier alpha value is -1.62. The lowest BCUT2D eigenvalue weighted by molar-refractivity contribution is 0.0691. The molecule has 0 atom stereocenters. The van der Waals surface area contributed by atoms with Gasteiger partial charge in [-0.3, -0.25) is 4.98 Å². The Morgan fingerprint density at radius 1 is 1.57 bits per heavy atom. The summed E-state index contributed by atoms with van der Waals surface area (Å²) in [5.74, 6) is -0.793. The molecule has 0 spiro atoms. The van der Waals surface area contributed by atoms with E-state index in [1.54, 1.807) is 0 Å². The molecule has 0 radical (unpaired) electrons. The highest BCUT2D eigenvalue weighted by Gasteiger charge is 2.10. The van der Waals surface area contributed by atoms with Crippen LogP contribution in [0.1, 0.15) is 16.8 Å². The molecular formula is C9H11NO4. The summed E-state index contributed by atoms with van der Waals surface area (Å²) < 4.78 is 5.16. The van der Waals surface area contributed by atoms with Crippen LogP contribution in [-0.4, -0.2) is 34.4 Å². The number of nitrogens with zero attached hydrogens (tertiary/aromatic N) is 1. The van der Waals surface area contributed by atoms with Crippen LogP contribution in [0.15, 0.2) is 18.5 Å². The standard InChI is InChI=1S/C9H11NO4/c11-4-1-5-14-8-2-3-10-6-7(8)9(12)13/h2-3,6,11H,1,4-5H2,(H,12,13). The van der Waals surface area contributed by atoms with Gasteiger partial charge in [-0.05, 0) is 6.07 Å². The maximum atomic E-state index is 10.7. The van der Waals surface area contributed by atoms with Crippen molar-refractivity contribution in [1.29, 1.82) is 0 Å². The molecule has 1 aromatic heterocycles. The minimum absolute atomic E-state index is 0.0213. The number of hydrogen-bond acceptors (Lipinski definition) is 4. The van der Waals surface area contributed by atoms with Gasteiger partial charge in [0.05, 0.1) is 6.61 Å². The number of rotatable bonds is 5. The molecule has 76 valence electrons. The van der Waals surface area contributed by atoms with Crippen molar-refractivity contribution in [3.8, 4) is 5.75 Å². The zero-order valence-corrected chi connectivity index (χ0v) is 7.51. The predicted octanol–water partition coefficient (Wildman–Crippen LogP) is 0.541. The molecule has 0 aromatic carbocycles. The first-order valence-electron chi connectivity index (χ1n) is 4.16. The van der Waals surface area contributed by atoms with Gasteiger partial charge < -0.3 is 14.9 Å². The van der Waals surface area contributed by atoms with E-state index < -0.39 is 5.97 Å². The zero-order chi connectivity index (χ0) is 10.4. The van der Waals surface area contributed by atoms with Crippen LogP contribution in [0.25, 0.3) is 0 Å². The summed E-state index contributed by atoms with van der Waals surface area (Å²) in [5, 5.41) is 17.3. The van der Waals surface area contributed by atoms with E-state index in [1.165, 1.54) is 18.5 Å². The monoisotopic (exact) mass is 197 g/mol. The van der Waals surface area contributed by atoms with E-state index in [0.717, 1.165) is 0 Å². The van der Waals surface area contributed by atoms with E-state index in [0.29, 0.717) is 13.0 Å². The van der Waals surface area contributed by atoms with Gasteiger partial charge in [0.1, 0.15) is 11.3 Å². The number of aromatic nitrogens is 1. The predicted molar refractivity (Wildman–Crippen MR) is 48.4 cm³/mol. The summed E-state index contributed by atoms with van der Waals surface area (Å²) in [6, 6.07) is 1.49. The molecule has 0 saturated heterocycles. The number of carboxylic acid groups (broad SMARTS) is 1. The summed E-state index contributed by atoms with van der Waals surface area (Å²) >= 11 is 0. The third kappa shape index (κ3) is 2.70. The fraction of sp³-hybridized carbons (Fsp3) is 0.333. The van der Waals surface area contributed by atoms with Gasteiger partial charge >= 0.3 is 5.97 Å². The Morgan fingerprint density at radius 2 is 2.36 bits per heavy atom. The first-order chi connectivity index (χ1) is 6.75. The molecule has 0 aliphatic carbocycles. The Morgan fingerprint density at radius 3 is 3.00 bits per heavy atom. The first-order valence-corrected chi connectivity index (χ1v) is 4.16. The fourth-order valence-corrected chi connectivity index (χ4v) is 0.915.